The highest BCUT2D eigenvalue weighted by Gasteiger charge is 2.23. The number of hydrogen-bond acceptors (Lipinski definition) is 3. The smallest absolute Gasteiger partial charge is 0.224 e. The van der Waals surface area contributed by atoms with Crippen molar-refractivity contribution in [3.05, 3.63) is 71.2 Å². The van der Waals surface area contributed by atoms with Gasteiger partial charge in [0.15, 0.2) is 5.82 Å². The molecule has 28 heavy (non-hydrogen) atoms. The predicted molar refractivity (Wildman–Crippen MR) is 113 cm³/mol. The molecular formula is C22H23ClN4O. The molecule has 1 aliphatic rings. The molecule has 1 saturated heterocycles. The highest BCUT2D eigenvalue weighted by Crippen LogP contribution is 2.24. The van der Waals surface area contributed by atoms with Crippen molar-refractivity contribution >= 4 is 23.3 Å². The first-order chi connectivity index (χ1) is 13.7. The Balaban J connectivity index is 1.36. The number of amides is 1. The number of nitrogens with one attached hydrogen (secondary N) is 2. The van der Waals surface area contributed by atoms with Crippen LogP contribution in [0, 0.1) is 0 Å². The topological polar surface area (TPSA) is 61.0 Å². The third-order valence-corrected chi connectivity index (χ3v) is 5.29. The summed E-state index contributed by atoms with van der Waals surface area (Å²) in [5, 5.41) is 11.5. The van der Waals surface area contributed by atoms with Gasteiger partial charge in [0.05, 0.1) is 12.1 Å². The largest absolute Gasteiger partial charge is 0.353 e. The molecule has 1 aliphatic heterocycles. The van der Waals surface area contributed by atoms with Crippen LogP contribution < -0.4 is 10.2 Å². The number of benzene rings is 2. The van der Waals surface area contributed by atoms with Crippen molar-refractivity contribution in [2.45, 2.75) is 25.3 Å². The Morgan fingerprint density at radius 1 is 1.18 bits per heavy atom. The van der Waals surface area contributed by atoms with Crippen LogP contribution in [0.4, 0.5) is 5.82 Å². The third-order valence-electron chi connectivity index (χ3n) is 5.04. The molecular weight excluding hydrogens is 372 g/mol. The van der Waals surface area contributed by atoms with E-state index in [1.807, 2.05) is 42.5 Å². The monoisotopic (exact) mass is 394 g/mol. The SMILES string of the molecule is O=C(Cc1ccc(Cl)cc1)NC1CCCN(c2cc(-c3ccccc3)[nH]n2)C1. The molecule has 2 aromatic carbocycles. The van der Waals surface area contributed by atoms with Crippen molar-refractivity contribution in [1.29, 1.82) is 0 Å². The van der Waals surface area contributed by atoms with E-state index in [1.54, 1.807) is 0 Å². The number of halogens is 1. The van der Waals surface area contributed by atoms with Gasteiger partial charge in [0, 0.05) is 30.2 Å². The minimum absolute atomic E-state index is 0.0428. The molecule has 4 rings (SSSR count). The molecule has 1 amide bonds. The summed E-state index contributed by atoms with van der Waals surface area (Å²) in [6.45, 7) is 1.72. The summed E-state index contributed by atoms with van der Waals surface area (Å²) >= 11 is 5.90. The second kappa shape index (κ2) is 8.48. The van der Waals surface area contributed by atoms with Crippen LogP contribution >= 0.6 is 11.6 Å². The van der Waals surface area contributed by atoms with E-state index in [9.17, 15) is 4.79 Å². The number of H-pyrrole nitrogens is 1. The molecule has 1 fully saturated rings. The van der Waals surface area contributed by atoms with Crippen LogP contribution in [-0.2, 0) is 11.2 Å². The molecule has 3 aromatic rings. The van der Waals surface area contributed by atoms with Gasteiger partial charge in [0.25, 0.3) is 0 Å². The molecule has 1 atom stereocenters. The van der Waals surface area contributed by atoms with Crippen molar-refractivity contribution in [3.63, 3.8) is 0 Å². The number of nitrogens with zero attached hydrogens (tertiary/aromatic N) is 2. The molecule has 2 N–H and O–H groups in total. The summed E-state index contributed by atoms with van der Waals surface area (Å²) in [6, 6.07) is 19.8. The van der Waals surface area contributed by atoms with Gasteiger partial charge in [0.1, 0.15) is 0 Å². The number of anilines is 1. The number of hydrogen-bond donors (Lipinski definition) is 2. The van der Waals surface area contributed by atoms with Gasteiger partial charge in [0.2, 0.25) is 5.91 Å². The van der Waals surface area contributed by atoms with Gasteiger partial charge < -0.3 is 10.2 Å². The van der Waals surface area contributed by atoms with Gasteiger partial charge in [-0.25, -0.2) is 0 Å². The predicted octanol–water partition coefficient (Wildman–Crippen LogP) is 4.06. The second-order valence-electron chi connectivity index (χ2n) is 7.16. The van der Waals surface area contributed by atoms with Crippen molar-refractivity contribution in [2.24, 2.45) is 0 Å². The average molecular weight is 395 g/mol. The van der Waals surface area contributed by atoms with E-state index in [2.05, 4.69) is 38.6 Å². The van der Waals surface area contributed by atoms with Crippen LogP contribution in [0.3, 0.4) is 0 Å². The van der Waals surface area contributed by atoms with Crippen LogP contribution in [0.2, 0.25) is 5.02 Å². The number of rotatable bonds is 5. The molecule has 6 heteroatoms. The zero-order valence-electron chi connectivity index (χ0n) is 15.6. The lowest BCUT2D eigenvalue weighted by Gasteiger charge is -2.33. The van der Waals surface area contributed by atoms with E-state index in [0.29, 0.717) is 11.4 Å². The van der Waals surface area contributed by atoms with Crippen LogP contribution in [0.15, 0.2) is 60.7 Å². The summed E-state index contributed by atoms with van der Waals surface area (Å²) in [4.78, 5) is 14.6. The van der Waals surface area contributed by atoms with Gasteiger partial charge in [-0.1, -0.05) is 54.1 Å². The summed E-state index contributed by atoms with van der Waals surface area (Å²) in [5.41, 5.74) is 3.09. The summed E-state index contributed by atoms with van der Waals surface area (Å²) in [6.07, 6.45) is 2.38. The van der Waals surface area contributed by atoms with Crippen LogP contribution in [0.1, 0.15) is 18.4 Å². The van der Waals surface area contributed by atoms with E-state index < -0.39 is 0 Å². The van der Waals surface area contributed by atoms with Crippen molar-refractivity contribution in [3.8, 4) is 11.3 Å². The number of aromatic nitrogens is 2. The molecule has 1 unspecified atom stereocenters. The standard InChI is InChI=1S/C22H23ClN4O/c23-18-10-8-16(9-11-18)13-22(28)24-19-7-4-12-27(15-19)21-14-20(25-26-21)17-5-2-1-3-6-17/h1-3,5-6,8-11,14,19H,4,7,12-13,15H2,(H,24,28)(H,25,26). The Kier molecular flexibility index (Phi) is 5.63. The molecule has 2 heterocycles. The highest BCUT2D eigenvalue weighted by atomic mass is 35.5. The van der Waals surface area contributed by atoms with E-state index >= 15 is 0 Å². The zero-order valence-corrected chi connectivity index (χ0v) is 16.3. The number of aromatic amines is 1. The molecule has 0 spiro atoms. The summed E-state index contributed by atoms with van der Waals surface area (Å²) in [5.74, 6) is 0.969. The lowest BCUT2D eigenvalue weighted by atomic mass is 10.0. The Labute approximate surface area is 169 Å². The maximum atomic E-state index is 12.4. The lowest BCUT2D eigenvalue weighted by Crippen LogP contribution is -2.48. The first-order valence-electron chi connectivity index (χ1n) is 9.57. The van der Waals surface area contributed by atoms with Crippen LogP contribution in [0.5, 0.6) is 0 Å². The Bertz CT molecular complexity index is 923. The van der Waals surface area contributed by atoms with Gasteiger partial charge in [-0.2, -0.15) is 5.10 Å². The summed E-state index contributed by atoms with van der Waals surface area (Å²) in [7, 11) is 0. The first-order valence-corrected chi connectivity index (χ1v) is 9.95. The maximum Gasteiger partial charge on any atom is 0.224 e. The normalized spacial score (nSPS) is 16.8. The second-order valence-corrected chi connectivity index (χ2v) is 7.60. The fraction of sp³-hybridized carbons (Fsp3) is 0.273. The van der Waals surface area contributed by atoms with Crippen molar-refractivity contribution in [1.82, 2.24) is 15.5 Å². The number of carbonyl (C=O) groups is 1. The molecule has 144 valence electrons. The van der Waals surface area contributed by atoms with E-state index in [-0.39, 0.29) is 11.9 Å². The Morgan fingerprint density at radius 2 is 1.96 bits per heavy atom. The van der Waals surface area contributed by atoms with Gasteiger partial charge >= 0.3 is 0 Å². The Morgan fingerprint density at radius 3 is 2.75 bits per heavy atom. The van der Waals surface area contributed by atoms with Crippen LogP contribution in [-0.4, -0.2) is 35.2 Å². The lowest BCUT2D eigenvalue weighted by molar-refractivity contribution is -0.121. The molecule has 0 aliphatic carbocycles. The molecule has 0 bridgehead atoms. The van der Waals surface area contributed by atoms with Crippen LogP contribution in [0.25, 0.3) is 11.3 Å². The first kappa shape index (κ1) is 18.6. The Hall–Kier alpha value is -2.79. The van der Waals surface area contributed by atoms with E-state index in [4.69, 9.17) is 11.6 Å². The van der Waals surface area contributed by atoms with Gasteiger partial charge in [-0.3, -0.25) is 9.89 Å². The van der Waals surface area contributed by atoms with Crippen molar-refractivity contribution < 1.29 is 4.79 Å². The molecule has 0 radical (unpaired) electrons. The molecule has 5 nitrogen and oxygen atoms in total. The third kappa shape index (κ3) is 4.54. The van der Waals surface area contributed by atoms with Gasteiger partial charge in [-0.15, -0.1) is 0 Å². The minimum atomic E-state index is 0.0428. The minimum Gasteiger partial charge on any atom is -0.353 e. The number of piperidine rings is 1. The average Bonchev–Trinajstić information content (AvgIpc) is 3.21. The molecule has 0 saturated carbocycles. The fourth-order valence-corrected chi connectivity index (χ4v) is 3.73. The van der Waals surface area contributed by atoms with Crippen molar-refractivity contribution in [2.75, 3.05) is 18.0 Å². The maximum absolute atomic E-state index is 12.4. The highest BCUT2D eigenvalue weighted by molar-refractivity contribution is 6.30. The van der Waals surface area contributed by atoms with Gasteiger partial charge in [-0.05, 0) is 36.1 Å². The number of carbonyl (C=O) groups excluding carboxylic acids is 1. The zero-order chi connectivity index (χ0) is 19.3. The van der Waals surface area contributed by atoms with E-state index in [1.165, 1.54) is 0 Å². The molecule has 1 aromatic heterocycles. The van der Waals surface area contributed by atoms with E-state index in [0.717, 1.165) is 48.6 Å². The fourth-order valence-electron chi connectivity index (χ4n) is 3.61. The quantitative estimate of drug-likeness (QED) is 0.686. The summed E-state index contributed by atoms with van der Waals surface area (Å²) < 4.78 is 0.